The average Bonchev–Trinajstić information content (AvgIpc) is 3.29. The quantitative estimate of drug-likeness (QED) is 0.464. The van der Waals surface area contributed by atoms with Crippen molar-refractivity contribution in [3.8, 4) is 5.75 Å². The number of rotatable bonds is 11. The number of para-hydroxylation sites is 1. The Balaban J connectivity index is 1.44. The minimum absolute atomic E-state index is 0.0412. The zero-order valence-corrected chi connectivity index (χ0v) is 20.1. The topological polar surface area (TPSA) is 80.3 Å². The van der Waals surface area contributed by atoms with Crippen LogP contribution in [0.3, 0.4) is 0 Å². The van der Waals surface area contributed by atoms with Crippen molar-refractivity contribution in [3.63, 3.8) is 0 Å². The molecule has 1 saturated heterocycles. The lowest BCUT2D eigenvalue weighted by molar-refractivity contribution is -0.274. The van der Waals surface area contributed by atoms with Crippen LogP contribution in [-0.4, -0.2) is 81.1 Å². The molecule has 1 aromatic carbocycles. The van der Waals surface area contributed by atoms with Gasteiger partial charge in [0.1, 0.15) is 12.4 Å². The number of halogens is 3. The Bertz CT molecular complexity index is 977. The minimum atomic E-state index is -4.81. The van der Waals surface area contributed by atoms with Crippen LogP contribution in [0.4, 0.5) is 13.2 Å². The van der Waals surface area contributed by atoms with Crippen molar-refractivity contribution < 1.29 is 37.0 Å². The van der Waals surface area contributed by atoms with Crippen LogP contribution >= 0.6 is 11.3 Å². The molecule has 0 radical (unpaired) electrons. The van der Waals surface area contributed by atoms with E-state index in [9.17, 15) is 22.8 Å². The smallest absolute Gasteiger partial charge is 0.405 e. The summed E-state index contributed by atoms with van der Waals surface area (Å²) in [5, 5.41) is 2.65. The normalized spacial score (nSPS) is 14.7. The first-order valence-electron chi connectivity index (χ1n) is 11.0. The van der Waals surface area contributed by atoms with Crippen LogP contribution in [0.1, 0.15) is 20.1 Å². The summed E-state index contributed by atoms with van der Waals surface area (Å²) in [6, 6.07) is 9.25. The molecule has 3 rings (SSSR count). The SMILES string of the molecule is COCCOCC(=O)N1CCN(Cc2ccc(C(=O)NCc3ccccc3OC(F)(F)F)s2)CC1. The Kier molecular flexibility index (Phi) is 9.90. The highest BCUT2D eigenvalue weighted by molar-refractivity contribution is 7.14. The molecule has 192 valence electrons. The van der Waals surface area contributed by atoms with Gasteiger partial charge in [0.05, 0.1) is 18.1 Å². The van der Waals surface area contributed by atoms with Gasteiger partial charge in [-0.1, -0.05) is 18.2 Å². The Morgan fingerprint density at radius 1 is 1.06 bits per heavy atom. The van der Waals surface area contributed by atoms with Gasteiger partial charge in [-0.2, -0.15) is 0 Å². The van der Waals surface area contributed by atoms with E-state index in [-0.39, 0.29) is 36.3 Å². The van der Waals surface area contributed by atoms with Gasteiger partial charge in [-0.25, -0.2) is 0 Å². The number of nitrogens with zero attached hydrogens (tertiary/aromatic N) is 2. The van der Waals surface area contributed by atoms with Crippen LogP contribution in [0, 0.1) is 0 Å². The standard InChI is InChI=1S/C23H28F3N3O5S/c1-32-12-13-33-16-21(30)29-10-8-28(9-11-29)15-18-6-7-20(35-18)22(31)27-14-17-4-2-3-5-19(17)34-23(24,25)26/h2-7H,8-16H2,1H3,(H,27,31). The molecule has 1 aliphatic heterocycles. The average molecular weight is 516 g/mol. The summed E-state index contributed by atoms with van der Waals surface area (Å²) >= 11 is 1.33. The van der Waals surface area contributed by atoms with E-state index < -0.39 is 6.36 Å². The van der Waals surface area contributed by atoms with E-state index in [0.717, 1.165) is 4.88 Å². The molecular formula is C23H28F3N3O5S. The van der Waals surface area contributed by atoms with Gasteiger partial charge in [-0.15, -0.1) is 24.5 Å². The highest BCUT2D eigenvalue weighted by Gasteiger charge is 2.32. The maximum atomic E-state index is 12.6. The molecule has 1 aliphatic rings. The molecule has 0 bridgehead atoms. The van der Waals surface area contributed by atoms with Gasteiger partial charge in [0, 0.05) is 56.8 Å². The number of nitrogens with one attached hydrogen (secondary N) is 1. The summed E-state index contributed by atoms with van der Waals surface area (Å²) in [6.07, 6.45) is -4.81. The maximum Gasteiger partial charge on any atom is 0.573 e. The van der Waals surface area contributed by atoms with Gasteiger partial charge in [-0.05, 0) is 18.2 Å². The monoisotopic (exact) mass is 515 g/mol. The summed E-state index contributed by atoms with van der Waals surface area (Å²) < 4.78 is 51.9. The number of carbonyl (C=O) groups excluding carboxylic acids is 2. The molecule has 0 unspecified atom stereocenters. The predicted molar refractivity (Wildman–Crippen MR) is 123 cm³/mol. The first-order chi connectivity index (χ1) is 16.7. The second-order valence-electron chi connectivity index (χ2n) is 7.81. The van der Waals surface area contributed by atoms with Gasteiger partial charge < -0.3 is 24.4 Å². The zero-order valence-electron chi connectivity index (χ0n) is 19.3. The van der Waals surface area contributed by atoms with Crippen molar-refractivity contribution >= 4 is 23.2 Å². The summed E-state index contributed by atoms with van der Waals surface area (Å²) in [5.41, 5.74) is 0.228. The predicted octanol–water partition coefficient (Wildman–Crippen LogP) is 2.88. The largest absolute Gasteiger partial charge is 0.573 e. The van der Waals surface area contributed by atoms with Crippen LogP contribution in [0.15, 0.2) is 36.4 Å². The fourth-order valence-electron chi connectivity index (χ4n) is 3.49. The molecular weight excluding hydrogens is 487 g/mol. The highest BCUT2D eigenvalue weighted by Crippen LogP contribution is 2.26. The third kappa shape index (κ3) is 8.80. The molecule has 0 spiro atoms. The first-order valence-corrected chi connectivity index (χ1v) is 11.8. The minimum Gasteiger partial charge on any atom is -0.405 e. The molecule has 0 aliphatic carbocycles. The number of amides is 2. The summed E-state index contributed by atoms with van der Waals surface area (Å²) in [6.45, 7) is 4.04. The molecule has 35 heavy (non-hydrogen) atoms. The van der Waals surface area contributed by atoms with Gasteiger partial charge in [-0.3, -0.25) is 14.5 Å². The van der Waals surface area contributed by atoms with Gasteiger partial charge in [0.25, 0.3) is 5.91 Å². The van der Waals surface area contributed by atoms with E-state index in [2.05, 4.69) is 15.0 Å². The lowest BCUT2D eigenvalue weighted by Crippen LogP contribution is -2.49. The van der Waals surface area contributed by atoms with E-state index in [1.165, 1.54) is 29.5 Å². The number of benzene rings is 1. The number of alkyl halides is 3. The number of methoxy groups -OCH3 is 1. The van der Waals surface area contributed by atoms with Crippen molar-refractivity contribution in [2.24, 2.45) is 0 Å². The number of hydrogen-bond acceptors (Lipinski definition) is 7. The lowest BCUT2D eigenvalue weighted by atomic mass is 10.2. The van der Waals surface area contributed by atoms with Crippen molar-refractivity contribution in [2.75, 3.05) is 53.1 Å². The molecule has 1 N–H and O–H groups in total. The van der Waals surface area contributed by atoms with Gasteiger partial charge >= 0.3 is 6.36 Å². The molecule has 8 nitrogen and oxygen atoms in total. The Morgan fingerprint density at radius 2 is 1.80 bits per heavy atom. The third-order valence-electron chi connectivity index (χ3n) is 5.28. The second-order valence-corrected chi connectivity index (χ2v) is 8.97. The molecule has 2 heterocycles. The number of hydrogen-bond donors (Lipinski definition) is 1. The van der Waals surface area contributed by atoms with E-state index in [4.69, 9.17) is 9.47 Å². The number of carbonyl (C=O) groups is 2. The van der Waals surface area contributed by atoms with Crippen LogP contribution in [0.25, 0.3) is 0 Å². The van der Waals surface area contributed by atoms with Crippen molar-refractivity contribution in [1.29, 1.82) is 0 Å². The molecule has 1 fully saturated rings. The maximum absolute atomic E-state index is 12.6. The van der Waals surface area contributed by atoms with Crippen molar-refractivity contribution in [3.05, 3.63) is 51.7 Å². The van der Waals surface area contributed by atoms with Gasteiger partial charge in [0.15, 0.2) is 0 Å². The Morgan fingerprint density at radius 3 is 2.51 bits per heavy atom. The van der Waals surface area contributed by atoms with E-state index >= 15 is 0 Å². The fraction of sp³-hybridized carbons (Fsp3) is 0.478. The van der Waals surface area contributed by atoms with Crippen LogP contribution < -0.4 is 10.1 Å². The third-order valence-corrected chi connectivity index (χ3v) is 6.35. The highest BCUT2D eigenvalue weighted by atomic mass is 32.1. The van der Waals surface area contributed by atoms with Crippen LogP contribution in [0.5, 0.6) is 5.75 Å². The zero-order chi connectivity index (χ0) is 25.3. The Hall–Kier alpha value is -2.67. The molecule has 1 aromatic heterocycles. The Labute approximate surface area is 205 Å². The lowest BCUT2D eigenvalue weighted by Gasteiger charge is -2.34. The first kappa shape index (κ1) is 26.9. The van der Waals surface area contributed by atoms with E-state index in [0.29, 0.717) is 50.8 Å². The molecule has 0 atom stereocenters. The molecule has 2 aromatic rings. The number of piperazine rings is 1. The van der Waals surface area contributed by atoms with E-state index in [1.807, 2.05) is 6.07 Å². The van der Waals surface area contributed by atoms with Crippen molar-refractivity contribution in [2.45, 2.75) is 19.5 Å². The van der Waals surface area contributed by atoms with Crippen LogP contribution in [-0.2, 0) is 27.4 Å². The second kappa shape index (κ2) is 12.9. The summed E-state index contributed by atoms with van der Waals surface area (Å²) in [4.78, 5) is 30.1. The summed E-state index contributed by atoms with van der Waals surface area (Å²) in [7, 11) is 1.57. The van der Waals surface area contributed by atoms with E-state index in [1.54, 1.807) is 24.1 Å². The van der Waals surface area contributed by atoms with Crippen molar-refractivity contribution in [1.82, 2.24) is 15.1 Å². The van der Waals surface area contributed by atoms with Gasteiger partial charge in [0.2, 0.25) is 5.91 Å². The molecule has 0 saturated carbocycles. The molecule has 2 amide bonds. The number of ether oxygens (including phenoxy) is 3. The molecule has 12 heteroatoms. The summed E-state index contributed by atoms with van der Waals surface area (Å²) in [5.74, 6) is -0.753. The fourth-order valence-corrected chi connectivity index (χ4v) is 4.46. The number of thiophene rings is 1. The van der Waals surface area contributed by atoms with Crippen LogP contribution in [0.2, 0.25) is 0 Å².